The monoisotopic (exact) mass is 558 g/mol. The Labute approximate surface area is 219 Å². The second kappa shape index (κ2) is 9.11. The minimum atomic E-state index is -4.95. The molecule has 0 aromatic heterocycles. The van der Waals surface area contributed by atoms with Gasteiger partial charge in [-0.05, 0) is 57.0 Å². The first-order valence-corrected chi connectivity index (χ1v) is 11.9. The average molecular weight is 559 g/mol. The van der Waals surface area contributed by atoms with Crippen LogP contribution in [0.4, 0.5) is 39.0 Å². The number of halogens is 6. The highest BCUT2D eigenvalue weighted by atomic mass is 35.5. The second-order valence-electron chi connectivity index (χ2n) is 9.96. The first-order chi connectivity index (χ1) is 17.5. The molecule has 0 saturated heterocycles. The van der Waals surface area contributed by atoms with Gasteiger partial charge < -0.3 is 20.4 Å². The van der Waals surface area contributed by atoms with Crippen molar-refractivity contribution in [3.63, 3.8) is 0 Å². The van der Waals surface area contributed by atoms with Crippen molar-refractivity contribution in [2.45, 2.75) is 44.4 Å². The molecule has 0 bridgehead atoms. The van der Waals surface area contributed by atoms with E-state index in [1.54, 1.807) is 0 Å². The second-order valence-corrected chi connectivity index (χ2v) is 10.4. The Morgan fingerprint density at radius 2 is 1.63 bits per heavy atom. The Balaban J connectivity index is 1.94. The SMILES string of the molecule is CN1C(=O)[C@@H](N(C(=O)C2(C(F)(F)F)CC2)C(C)(C)C(N)=O)CN(c2cc(F)cc(F)c2)c2ccc(Cl)cc21. The van der Waals surface area contributed by atoms with Gasteiger partial charge in [0.25, 0.3) is 5.91 Å². The highest BCUT2D eigenvalue weighted by molar-refractivity contribution is 6.31. The van der Waals surface area contributed by atoms with E-state index in [9.17, 15) is 36.3 Å². The van der Waals surface area contributed by atoms with Gasteiger partial charge in [0.2, 0.25) is 11.8 Å². The Hall–Kier alpha value is -3.41. The van der Waals surface area contributed by atoms with Crippen LogP contribution in [0.3, 0.4) is 0 Å². The molecular formula is C25H24ClF5N4O3. The number of carbonyl (C=O) groups is 3. The van der Waals surface area contributed by atoms with Crippen LogP contribution in [0.25, 0.3) is 0 Å². The van der Waals surface area contributed by atoms with Crippen molar-refractivity contribution in [1.82, 2.24) is 4.90 Å². The van der Waals surface area contributed by atoms with Gasteiger partial charge in [-0.2, -0.15) is 13.2 Å². The molecule has 0 radical (unpaired) electrons. The van der Waals surface area contributed by atoms with Gasteiger partial charge in [-0.3, -0.25) is 14.4 Å². The summed E-state index contributed by atoms with van der Waals surface area (Å²) in [6.45, 7) is 1.75. The number of nitrogens with two attached hydrogens (primary N) is 1. The summed E-state index contributed by atoms with van der Waals surface area (Å²) in [5.41, 5.74) is 1.01. The maximum Gasteiger partial charge on any atom is 0.403 e. The number of primary amides is 1. The molecule has 1 aliphatic carbocycles. The Bertz CT molecular complexity index is 1310. The molecule has 0 unspecified atom stereocenters. The Morgan fingerprint density at radius 1 is 1.05 bits per heavy atom. The van der Waals surface area contributed by atoms with E-state index in [1.165, 1.54) is 30.1 Å². The van der Waals surface area contributed by atoms with Gasteiger partial charge in [-0.15, -0.1) is 0 Å². The van der Waals surface area contributed by atoms with Crippen LogP contribution in [0, 0.1) is 17.0 Å². The van der Waals surface area contributed by atoms with E-state index >= 15 is 0 Å². The lowest BCUT2D eigenvalue weighted by Gasteiger charge is -2.44. The predicted molar refractivity (Wildman–Crippen MR) is 130 cm³/mol. The van der Waals surface area contributed by atoms with E-state index in [2.05, 4.69) is 0 Å². The van der Waals surface area contributed by atoms with Crippen molar-refractivity contribution in [3.05, 3.63) is 53.1 Å². The van der Waals surface area contributed by atoms with Crippen LogP contribution in [-0.2, 0) is 14.4 Å². The van der Waals surface area contributed by atoms with E-state index in [0.29, 0.717) is 11.0 Å². The minimum Gasteiger partial charge on any atom is -0.368 e. The number of hydrogen-bond donors (Lipinski definition) is 1. The van der Waals surface area contributed by atoms with E-state index in [1.807, 2.05) is 0 Å². The van der Waals surface area contributed by atoms with Gasteiger partial charge in [0.15, 0.2) is 0 Å². The number of anilines is 3. The number of fused-ring (bicyclic) bond motifs is 1. The third-order valence-corrected chi connectivity index (χ3v) is 7.39. The van der Waals surface area contributed by atoms with E-state index in [-0.39, 0.29) is 22.1 Å². The Kier molecular flexibility index (Phi) is 6.62. The van der Waals surface area contributed by atoms with Crippen molar-refractivity contribution in [2.24, 2.45) is 11.1 Å². The van der Waals surface area contributed by atoms with Crippen LogP contribution in [0.2, 0.25) is 5.02 Å². The van der Waals surface area contributed by atoms with Crippen LogP contribution in [0.1, 0.15) is 26.7 Å². The third kappa shape index (κ3) is 4.44. The summed E-state index contributed by atoms with van der Waals surface area (Å²) >= 11 is 6.14. The van der Waals surface area contributed by atoms with Gasteiger partial charge >= 0.3 is 6.18 Å². The number of amides is 3. The Morgan fingerprint density at radius 3 is 2.13 bits per heavy atom. The van der Waals surface area contributed by atoms with Crippen LogP contribution in [-0.4, -0.2) is 54.0 Å². The topological polar surface area (TPSA) is 87.0 Å². The molecule has 1 heterocycles. The van der Waals surface area contributed by atoms with Crippen LogP contribution < -0.4 is 15.5 Å². The molecule has 2 aromatic rings. The summed E-state index contributed by atoms with van der Waals surface area (Å²) in [5, 5.41) is 0.201. The normalized spacial score (nSPS) is 19.1. The fraction of sp³-hybridized carbons (Fsp3) is 0.400. The molecule has 0 spiro atoms. The molecule has 1 aliphatic heterocycles. The smallest absolute Gasteiger partial charge is 0.368 e. The highest BCUT2D eigenvalue weighted by Gasteiger charge is 2.71. The minimum absolute atomic E-state index is 0.0830. The number of benzene rings is 2. The lowest BCUT2D eigenvalue weighted by molar-refractivity contribution is -0.203. The zero-order valence-electron chi connectivity index (χ0n) is 20.6. The van der Waals surface area contributed by atoms with Gasteiger partial charge in [-0.1, -0.05) is 11.6 Å². The number of nitrogens with zero attached hydrogens (tertiary/aromatic N) is 3. The van der Waals surface area contributed by atoms with E-state index in [4.69, 9.17) is 17.3 Å². The maximum atomic E-state index is 14.2. The van der Waals surface area contributed by atoms with E-state index < -0.39 is 71.9 Å². The van der Waals surface area contributed by atoms with Crippen molar-refractivity contribution in [2.75, 3.05) is 23.4 Å². The molecule has 4 rings (SSSR count). The third-order valence-electron chi connectivity index (χ3n) is 7.16. The number of likely N-dealkylation sites (N-methyl/N-ethyl adjacent to an activating group) is 1. The first kappa shape index (κ1) is 27.6. The molecule has 7 nitrogen and oxygen atoms in total. The zero-order chi connectivity index (χ0) is 28.4. The van der Waals surface area contributed by atoms with Gasteiger partial charge in [0, 0.05) is 23.8 Å². The van der Waals surface area contributed by atoms with Crippen molar-refractivity contribution >= 4 is 46.4 Å². The van der Waals surface area contributed by atoms with Gasteiger partial charge in [0.1, 0.15) is 28.6 Å². The molecule has 1 saturated carbocycles. The summed E-state index contributed by atoms with van der Waals surface area (Å²) in [5.74, 6) is -5.37. The van der Waals surface area contributed by atoms with E-state index in [0.717, 1.165) is 30.9 Å². The fourth-order valence-electron chi connectivity index (χ4n) is 4.69. The highest BCUT2D eigenvalue weighted by Crippen LogP contribution is 2.59. The quantitative estimate of drug-likeness (QED) is 0.546. The number of rotatable bonds is 5. The van der Waals surface area contributed by atoms with Crippen LogP contribution in [0.15, 0.2) is 36.4 Å². The summed E-state index contributed by atoms with van der Waals surface area (Å²) in [6, 6.07) is 5.17. The van der Waals surface area contributed by atoms with Gasteiger partial charge in [0.05, 0.1) is 17.9 Å². The molecule has 2 aromatic carbocycles. The molecule has 38 heavy (non-hydrogen) atoms. The molecule has 3 amide bonds. The number of hydrogen-bond acceptors (Lipinski definition) is 4. The standard InChI is InChI=1S/C25H24ClF5N4O3/c1-23(2,21(32)37)35(22(38)24(6-7-24)25(29,30)31)19-12-34(16-10-14(27)9-15(28)11-16)17-5-4-13(26)8-18(17)33(3)20(19)36/h4-5,8-11,19H,6-7,12H2,1-3H3,(H2,32,37)/t19-/m0/s1. The predicted octanol–water partition coefficient (Wildman–Crippen LogP) is 4.54. The molecule has 204 valence electrons. The zero-order valence-corrected chi connectivity index (χ0v) is 21.3. The van der Waals surface area contributed by atoms with Crippen molar-refractivity contribution in [3.8, 4) is 0 Å². The molecule has 2 aliphatic rings. The summed E-state index contributed by atoms with van der Waals surface area (Å²) in [7, 11) is 1.32. The lowest BCUT2D eigenvalue weighted by atomic mass is 9.93. The molecule has 13 heteroatoms. The van der Waals surface area contributed by atoms with Crippen molar-refractivity contribution in [1.29, 1.82) is 0 Å². The summed E-state index contributed by atoms with van der Waals surface area (Å²) in [4.78, 5) is 42.9. The lowest BCUT2D eigenvalue weighted by Crippen LogP contribution is -2.67. The summed E-state index contributed by atoms with van der Waals surface area (Å²) in [6.07, 6.45) is -5.99. The molecule has 1 fully saturated rings. The summed E-state index contributed by atoms with van der Waals surface area (Å²) < 4.78 is 70.6. The fourth-order valence-corrected chi connectivity index (χ4v) is 4.86. The average Bonchev–Trinajstić information content (AvgIpc) is 3.62. The first-order valence-electron chi connectivity index (χ1n) is 11.5. The molecular weight excluding hydrogens is 535 g/mol. The van der Waals surface area contributed by atoms with Crippen LogP contribution >= 0.6 is 11.6 Å². The van der Waals surface area contributed by atoms with Gasteiger partial charge in [-0.25, -0.2) is 8.78 Å². The maximum absolute atomic E-state index is 14.2. The largest absolute Gasteiger partial charge is 0.403 e. The number of carbonyl (C=O) groups excluding carboxylic acids is 3. The van der Waals surface area contributed by atoms with Crippen molar-refractivity contribution < 1.29 is 36.3 Å². The molecule has 2 N–H and O–H groups in total. The number of alkyl halides is 3. The molecule has 1 atom stereocenters. The van der Waals surface area contributed by atoms with Crippen LogP contribution in [0.5, 0.6) is 0 Å².